The van der Waals surface area contributed by atoms with Gasteiger partial charge in [0.2, 0.25) is 10.0 Å². The van der Waals surface area contributed by atoms with Gasteiger partial charge in [0, 0.05) is 12.6 Å². The maximum atomic E-state index is 11.7. The number of hydrogen-bond acceptors (Lipinski definition) is 3. The first-order valence-corrected chi connectivity index (χ1v) is 7.56. The van der Waals surface area contributed by atoms with Gasteiger partial charge in [-0.15, -0.1) is 0 Å². The lowest BCUT2D eigenvalue weighted by Gasteiger charge is -2.32. The summed E-state index contributed by atoms with van der Waals surface area (Å²) in [5.74, 6) is 0.661. The van der Waals surface area contributed by atoms with Crippen LogP contribution in [0.4, 0.5) is 0 Å². The van der Waals surface area contributed by atoms with Crippen LogP contribution in [0.3, 0.4) is 0 Å². The Kier molecular flexibility index (Phi) is 4.37. The SMILES string of the molecule is CC(C)(C)CCS(=O)(=O)NCC1CC(N)C1. The highest BCUT2D eigenvalue weighted by atomic mass is 32.2. The summed E-state index contributed by atoms with van der Waals surface area (Å²) >= 11 is 0. The fraction of sp³-hybridized carbons (Fsp3) is 1.00. The molecular formula is C11H24N2O2S. The molecule has 0 unspecified atom stereocenters. The number of nitrogens with one attached hydrogen (secondary N) is 1. The maximum Gasteiger partial charge on any atom is 0.211 e. The van der Waals surface area contributed by atoms with Gasteiger partial charge in [0.15, 0.2) is 0 Å². The van der Waals surface area contributed by atoms with Crippen molar-refractivity contribution in [3.63, 3.8) is 0 Å². The van der Waals surface area contributed by atoms with Crippen molar-refractivity contribution < 1.29 is 8.42 Å². The van der Waals surface area contributed by atoms with E-state index >= 15 is 0 Å². The molecule has 1 aliphatic rings. The molecule has 0 aromatic rings. The van der Waals surface area contributed by atoms with Crippen molar-refractivity contribution in [1.82, 2.24) is 4.72 Å². The van der Waals surface area contributed by atoms with Gasteiger partial charge in [0.25, 0.3) is 0 Å². The van der Waals surface area contributed by atoms with E-state index in [4.69, 9.17) is 5.73 Å². The smallest absolute Gasteiger partial charge is 0.211 e. The van der Waals surface area contributed by atoms with Gasteiger partial charge in [0.1, 0.15) is 0 Å². The van der Waals surface area contributed by atoms with E-state index in [9.17, 15) is 8.42 Å². The zero-order valence-corrected chi connectivity index (χ0v) is 11.3. The Bertz CT molecular complexity index is 313. The second-order valence-electron chi connectivity index (χ2n) is 6.08. The van der Waals surface area contributed by atoms with E-state index in [0.29, 0.717) is 18.9 Å². The highest BCUT2D eigenvalue weighted by molar-refractivity contribution is 7.89. The van der Waals surface area contributed by atoms with Gasteiger partial charge >= 0.3 is 0 Å². The third-order valence-electron chi connectivity index (χ3n) is 2.98. The fourth-order valence-electron chi connectivity index (χ4n) is 1.71. The molecule has 3 N–H and O–H groups in total. The summed E-state index contributed by atoms with van der Waals surface area (Å²) in [5, 5.41) is 0. The molecule has 0 amide bonds. The molecule has 0 bridgehead atoms. The van der Waals surface area contributed by atoms with E-state index in [1.54, 1.807) is 0 Å². The van der Waals surface area contributed by atoms with Crippen LogP contribution >= 0.6 is 0 Å². The summed E-state index contributed by atoms with van der Waals surface area (Å²) in [6.45, 7) is 6.70. The summed E-state index contributed by atoms with van der Waals surface area (Å²) in [5.41, 5.74) is 5.71. The van der Waals surface area contributed by atoms with Gasteiger partial charge in [0.05, 0.1) is 5.75 Å². The van der Waals surface area contributed by atoms with Crippen LogP contribution in [0.1, 0.15) is 40.0 Å². The van der Waals surface area contributed by atoms with Crippen LogP contribution in [0.5, 0.6) is 0 Å². The first-order valence-electron chi connectivity index (χ1n) is 5.91. The molecule has 0 aromatic heterocycles. The Hall–Kier alpha value is -0.130. The quantitative estimate of drug-likeness (QED) is 0.764. The average Bonchev–Trinajstić information content (AvgIpc) is 2.07. The lowest BCUT2D eigenvalue weighted by molar-refractivity contribution is 0.267. The summed E-state index contributed by atoms with van der Waals surface area (Å²) in [4.78, 5) is 0. The molecule has 16 heavy (non-hydrogen) atoms. The Morgan fingerprint density at radius 3 is 2.31 bits per heavy atom. The van der Waals surface area contributed by atoms with Gasteiger partial charge in [-0.05, 0) is 30.6 Å². The number of hydrogen-bond donors (Lipinski definition) is 2. The van der Waals surface area contributed by atoms with Crippen LogP contribution in [0.2, 0.25) is 0 Å². The fourth-order valence-corrected chi connectivity index (χ4v) is 3.23. The van der Waals surface area contributed by atoms with Gasteiger partial charge in [-0.2, -0.15) is 0 Å². The Morgan fingerprint density at radius 1 is 1.31 bits per heavy atom. The Morgan fingerprint density at radius 2 is 1.88 bits per heavy atom. The molecule has 1 aliphatic carbocycles. The van der Waals surface area contributed by atoms with Crippen molar-refractivity contribution in [3.8, 4) is 0 Å². The molecule has 5 heteroatoms. The van der Waals surface area contributed by atoms with Crippen molar-refractivity contribution in [3.05, 3.63) is 0 Å². The highest BCUT2D eigenvalue weighted by Crippen LogP contribution is 2.25. The minimum Gasteiger partial charge on any atom is -0.328 e. The van der Waals surface area contributed by atoms with Crippen molar-refractivity contribution in [2.24, 2.45) is 17.1 Å². The first kappa shape index (κ1) is 13.9. The molecule has 0 aliphatic heterocycles. The lowest BCUT2D eigenvalue weighted by atomic mass is 9.81. The van der Waals surface area contributed by atoms with Crippen LogP contribution in [-0.2, 0) is 10.0 Å². The average molecular weight is 248 g/mol. The van der Waals surface area contributed by atoms with Crippen molar-refractivity contribution in [2.75, 3.05) is 12.3 Å². The molecule has 1 fully saturated rings. The van der Waals surface area contributed by atoms with Gasteiger partial charge in [-0.3, -0.25) is 0 Å². The molecule has 0 radical (unpaired) electrons. The number of nitrogens with two attached hydrogens (primary N) is 1. The topological polar surface area (TPSA) is 72.2 Å². The highest BCUT2D eigenvalue weighted by Gasteiger charge is 2.27. The standard InChI is InChI=1S/C11H24N2O2S/c1-11(2,3)4-5-16(14,15)13-8-9-6-10(12)7-9/h9-10,13H,4-8,12H2,1-3H3. The van der Waals surface area contributed by atoms with Gasteiger partial charge < -0.3 is 5.73 Å². The molecule has 1 saturated carbocycles. The second-order valence-corrected chi connectivity index (χ2v) is 8.00. The van der Waals surface area contributed by atoms with E-state index < -0.39 is 10.0 Å². The van der Waals surface area contributed by atoms with Crippen LogP contribution in [-0.4, -0.2) is 26.8 Å². The molecule has 1 rings (SSSR count). The molecular weight excluding hydrogens is 224 g/mol. The summed E-state index contributed by atoms with van der Waals surface area (Å²) in [6.07, 6.45) is 2.58. The van der Waals surface area contributed by atoms with Crippen LogP contribution in [0.15, 0.2) is 0 Å². The Labute approximate surface area is 99.0 Å². The normalized spacial score (nSPS) is 26.5. The van der Waals surface area contributed by atoms with Crippen molar-refractivity contribution in [1.29, 1.82) is 0 Å². The second kappa shape index (κ2) is 5.02. The molecule has 0 saturated heterocycles. The van der Waals surface area contributed by atoms with Crippen LogP contribution < -0.4 is 10.5 Å². The van der Waals surface area contributed by atoms with E-state index in [-0.39, 0.29) is 17.2 Å². The molecule has 4 nitrogen and oxygen atoms in total. The predicted molar refractivity (Wildman–Crippen MR) is 66.6 cm³/mol. The number of rotatable bonds is 5. The van der Waals surface area contributed by atoms with Crippen LogP contribution in [0.25, 0.3) is 0 Å². The zero-order valence-electron chi connectivity index (χ0n) is 10.5. The third kappa shape index (κ3) is 5.27. The van der Waals surface area contributed by atoms with Gasteiger partial charge in [-0.1, -0.05) is 20.8 Å². The number of sulfonamides is 1. The minimum atomic E-state index is -3.09. The molecule has 96 valence electrons. The Balaban J connectivity index is 2.24. The molecule has 0 aromatic carbocycles. The summed E-state index contributed by atoms with van der Waals surface area (Å²) < 4.78 is 26.0. The molecule has 0 atom stereocenters. The third-order valence-corrected chi connectivity index (χ3v) is 4.33. The zero-order chi connectivity index (χ0) is 12.4. The van der Waals surface area contributed by atoms with Crippen molar-refractivity contribution in [2.45, 2.75) is 46.1 Å². The molecule has 0 heterocycles. The van der Waals surface area contributed by atoms with Crippen LogP contribution in [0, 0.1) is 11.3 Å². The largest absolute Gasteiger partial charge is 0.328 e. The van der Waals surface area contributed by atoms with E-state index in [1.807, 2.05) is 20.8 Å². The molecule has 0 spiro atoms. The van der Waals surface area contributed by atoms with E-state index in [1.165, 1.54) is 0 Å². The summed E-state index contributed by atoms with van der Waals surface area (Å²) in [7, 11) is -3.09. The monoisotopic (exact) mass is 248 g/mol. The minimum absolute atomic E-state index is 0.0631. The predicted octanol–water partition coefficient (Wildman–Crippen LogP) is 1.08. The first-order chi connectivity index (χ1) is 7.18. The summed E-state index contributed by atoms with van der Waals surface area (Å²) in [6, 6.07) is 0.282. The van der Waals surface area contributed by atoms with E-state index in [2.05, 4.69) is 4.72 Å². The maximum absolute atomic E-state index is 11.7. The lowest BCUT2D eigenvalue weighted by Crippen LogP contribution is -2.43. The van der Waals surface area contributed by atoms with E-state index in [0.717, 1.165) is 12.8 Å². The van der Waals surface area contributed by atoms with Crippen molar-refractivity contribution >= 4 is 10.0 Å². The van der Waals surface area contributed by atoms with Gasteiger partial charge in [-0.25, -0.2) is 13.1 Å².